The Balaban J connectivity index is 1.03. The second-order valence-electron chi connectivity index (χ2n) is 14.5. The van der Waals surface area contributed by atoms with E-state index in [-0.39, 0.29) is 0 Å². The number of hydrogen-bond acceptors (Lipinski definition) is 2. The molecule has 262 valence electrons. The van der Waals surface area contributed by atoms with E-state index in [0.717, 1.165) is 39.0 Å². The summed E-state index contributed by atoms with van der Waals surface area (Å²) in [5.41, 5.74) is 12.2. The summed E-state index contributed by atoms with van der Waals surface area (Å²) in [7, 11) is 0. The van der Waals surface area contributed by atoms with Crippen LogP contribution in [0.1, 0.15) is 0 Å². The molecule has 0 radical (unpaired) electrons. The highest BCUT2D eigenvalue weighted by Gasteiger charge is 2.20. The summed E-state index contributed by atoms with van der Waals surface area (Å²) >= 11 is 0. The van der Waals surface area contributed by atoms with Crippen LogP contribution in [0.5, 0.6) is 0 Å². The van der Waals surface area contributed by atoms with Crippen LogP contribution in [0.3, 0.4) is 0 Å². The number of benzene rings is 10. The van der Waals surface area contributed by atoms with Gasteiger partial charge in [-0.3, -0.25) is 0 Å². The zero-order valence-electron chi connectivity index (χ0n) is 30.6. The topological polar surface area (TPSA) is 16.4 Å². The molecule has 11 rings (SSSR count). The summed E-state index contributed by atoms with van der Waals surface area (Å²) in [6.45, 7) is 0. The fraction of sp³-hybridized carbons (Fsp3) is 0. The molecule has 0 spiro atoms. The lowest BCUT2D eigenvalue weighted by molar-refractivity contribution is 0.669. The molecule has 2 heteroatoms. The normalized spacial score (nSPS) is 11.6. The Morgan fingerprint density at radius 1 is 0.304 bits per heavy atom. The van der Waals surface area contributed by atoms with Crippen LogP contribution in [0.4, 0.5) is 17.1 Å². The molecule has 0 unspecified atom stereocenters. The largest absolute Gasteiger partial charge is 0.456 e. The van der Waals surface area contributed by atoms with Gasteiger partial charge in [-0.15, -0.1) is 0 Å². The van der Waals surface area contributed by atoms with E-state index in [1.165, 1.54) is 65.7 Å². The number of para-hydroxylation sites is 1. The van der Waals surface area contributed by atoms with Crippen LogP contribution in [0, 0.1) is 0 Å². The molecule has 0 saturated carbocycles. The van der Waals surface area contributed by atoms with Gasteiger partial charge in [0, 0.05) is 16.8 Å². The minimum atomic E-state index is 0.871. The van der Waals surface area contributed by atoms with E-state index in [0.29, 0.717) is 0 Å². The van der Waals surface area contributed by atoms with Crippen molar-refractivity contribution in [1.29, 1.82) is 0 Å². The van der Waals surface area contributed by atoms with E-state index in [4.69, 9.17) is 4.42 Å². The number of nitrogens with zero attached hydrogens (tertiary/aromatic N) is 1. The van der Waals surface area contributed by atoms with Crippen LogP contribution in [0.2, 0.25) is 0 Å². The minimum absolute atomic E-state index is 0.871. The van der Waals surface area contributed by atoms with Gasteiger partial charge in [0.25, 0.3) is 0 Å². The predicted octanol–water partition coefficient (Wildman–Crippen LogP) is 15.5. The van der Waals surface area contributed by atoms with Crippen LogP contribution in [-0.4, -0.2) is 0 Å². The summed E-state index contributed by atoms with van der Waals surface area (Å²) in [5.74, 6) is 0. The number of fused-ring (bicyclic) bond motifs is 7. The highest BCUT2D eigenvalue weighted by molar-refractivity contribution is 6.15. The van der Waals surface area contributed by atoms with E-state index >= 15 is 0 Å². The molecule has 11 aromatic rings. The third-order valence-electron chi connectivity index (χ3n) is 11.2. The minimum Gasteiger partial charge on any atom is -0.456 e. The summed E-state index contributed by atoms with van der Waals surface area (Å²) in [6.07, 6.45) is 0. The fourth-order valence-electron chi connectivity index (χ4n) is 8.49. The third kappa shape index (κ3) is 5.42. The number of hydrogen-bond donors (Lipinski definition) is 0. The molecule has 1 aromatic heterocycles. The van der Waals surface area contributed by atoms with Crippen molar-refractivity contribution in [1.82, 2.24) is 0 Å². The van der Waals surface area contributed by atoms with Crippen molar-refractivity contribution in [3.05, 3.63) is 212 Å². The van der Waals surface area contributed by atoms with Gasteiger partial charge in [-0.1, -0.05) is 152 Å². The summed E-state index contributed by atoms with van der Waals surface area (Å²) < 4.78 is 6.39. The van der Waals surface area contributed by atoms with Crippen LogP contribution in [0.15, 0.2) is 217 Å². The lowest BCUT2D eigenvalue weighted by atomic mass is 9.93. The van der Waals surface area contributed by atoms with Gasteiger partial charge >= 0.3 is 0 Å². The number of furan rings is 1. The van der Waals surface area contributed by atoms with Crippen molar-refractivity contribution in [3.8, 4) is 33.4 Å². The summed E-state index contributed by atoms with van der Waals surface area (Å²) in [6, 6.07) is 76.5. The van der Waals surface area contributed by atoms with Crippen molar-refractivity contribution in [3.63, 3.8) is 0 Å². The van der Waals surface area contributed by atoms with Gasteiger partial charge in [0.15, 0.2) is 0 Å². The summed E-state index contributed by atoms with van der Waals surface area (Å²) in [5, 5.41) is 9.71. The standard InChI is InChI=1S/C54H35NO/c1-2-11-36(12-3-1)40-23-21-38-22-24-41(34-43(38)33-40)37-25-29-44(30-26-37)55(51-18-10-20-53-54(51)49-17-8-9-19-52(49)56-53)45-31-27-39(28-32-45)50-35-42-13-4-5-14-46(42)47-15-6-7-16-48(47)50/h1-35H. The molecule has 0 N–H and O–H groups in total. The molecule has 0 aliphatic carbocycles. The first-order valence-corrected chi connectivity index (χ1v) is 19.2. The van der Waals surface area contributed by atoms with Crippen molar-refractivity contribution in [2.24, 2.45) is 0 Å². The van der Waals surface area contributed by atoms with Gasteiger partial charge < -0.3 is 9.32 Å². The molecule has 0 saturated heterocycles. The van der Waals surface area contributed by atoms with E-state index in [2.05, 4.69) is 205 Å². The van der Waals surface area contributed by atoms with Crippen LogP contribution in [-0.2, 0) is 0 Å². The molecule has 0 aliphatic rings. The molecule has 2 nitrogen and oxygen atoms in total. The molecular weight excluding hydrogens is 679 g/mol. The third-order valence-corrected chi connectivity index (χ3v) is 11.2. The lowest BCUT2D eigenvalue weighted by Crippen LogP contribution is -2.10. The maximum Gasteiger partial charge on any atom is 0.137 e. The molecule has 0 amide bonds. The van der Waals surface area contributed by atoms with E-state index in [9.17, 15) is 0 Å². The maximum atomic E-state index is 6.39. The molecule has 10 aromatic carbocycles. The van der Waals surface area contributed by atoms with Crippen LogP contribution in [0.25, 0.3) is 87.6 Å². The molecule has 0 atom stereocenters. The molecule has 0 fully saturated rings. The molecule has 0 bridgehead atoms. The van der Waals surface area contributed by atoms with Gasteiger partial charge in [-0.05, 0) is 126 Å². The van der Waals surface area contributed by atoms with E-state index in [1.54, 1.807) is 0 Å². The van der Waals surface area contributed by atoms with Crippen molar-refractivity contribution < 1.29 is 4.42 Å². The highest BCUT2D eigenvalue weighted by atomic mass is 16.3. The van der Waals surface area contributed by atoms with Crippen LogP contribution < -0.4 is 4.90 Å². The Kier molecular flexibility index (Phi) is 7.53. The second kappa shape index (κ2) is 13.2. The van der Waals surface area contributed by atoms with E-state index < -0.39 is 0 Å². The maximum absolute atomic E-state index is 6.39. The lowest BCUT2D eigenvalue weighted by Gasteiger charge is -2.27. The highest BCUT2D eigenvalue weighted by Crippen LogP contribution is 2.44. The van der Waals surface area contributed by atoms with Crippen molar-refractivity contribution in [2.75, 3.05) is 4.90 Å². The Bertz CT molecular complexity index is 3230. The first kappa shape index (κ1) is 32.0. The van der Waals surface area contributed by atoms with Gasteiger partial charge in [-0.25, -0.2) is 0 Å². The monoisotopic (exact) mass is 713 g/mol. The Labute approximate surface area is 325 Å². The van der Waals surface area contributed by atoms with Crippen molar-refractivity contribution in [2.45, 2.75) is 0 Å². The molecule has 0 aliphatic heterocycles. The Morgan fingerprint density at radius 3 is 1.59 bits per heavy atom. The molecule has 56 heavy (non-hydrogen) atoms. The summed E-state index contributed by atoms with van der Waals surface area (Å²) in [4.78, 5) is 2.36. The van der Waals surface area contributed by atoms with Crippen molar-refractivity contribution >= 4 is 71.3 Å². The Hall–Kier alpha value is -7.42. The number of anilines is 3. The first-order chi connectivity index (χ1) is 27.7. The van der Waals surface area contributed by atoms with Gasteiger partial charge in [-0.2, -0.15) is 0 Å². The predicted molar refractivity (Wildman–Crippen MR) is 237 cm³/mol. The van der Waals surface area contributed by atoms with Crippen LogP contribution >= 0.6 is 0 Å². The second-order valence-corrected chi connectivity index (χ2v) is 14.5. The first-order valence-electron chi connectivity index (χ1n) is 19.2. The smallest absolute Gasteiger partial charge is 0.137 e. The van der Waals surface area contributed by atoms with E-state index in [1.807, 2.05) is 12.1 Å². The fourth-order valence-corrected chi connectivity index (χ4v) is 8.49. The average molecular weight is 714 g/mol. The Morgan fingerprint density at radius 2 is 0.857 bits per heavy atom. The quantitative estimate of drug-likeness (QED) is 0.160. The SMILES string of the molecule is c1ccc(-c2ccc3ccc(-c4ccc(N(c5ccc(-c6cc7ccccc7c7ccccc67)cc5)c5cccc6oc7ccccc7c56)cc4)cc3c2)cc1. The van der Waals surface area contributed by atoms with Gasteiger partial charge in [0.05, 0.1) is 11.1 Å². The number of rotatable bonds is 6. The zero-order valence-corrected chi connectivity index (χ0v) is 30.6. The van der Waals surface area contributed by atoms with Gasteiger partial charge in [0.1, 0.15) is 11.2 Å². The zero-order chi connectivity index (χ0) is 37.0. The average Bonchev–Trinajstić information content (AvgIpc) is 3.66. The molecule has 1 heterocycles. The molecular formula is C54H35NO. The van der Waals surface area contributed by atoms with Gasteiger partial charge in [0.2, 0.25) is 0 Å².